The second-order valence-electron chi connectivity index (χ2n) is 3.15. The molecule has 0 aliphatic rings. The van der Waals surface area contributed by atoms with Gasteiger partial charge in [0.25, 0.3) is 6.43 Å². The number of esters is 1. The molecule has 17 heavy (non-hydrogen) atoms. The first kappa shape index (κ1) is 14.3. The molecule has 1 aromatic heterocycles. The number of carbonyl (C=O) groups is 1. The van der Waals surface area contributed by atoms with Crippen molar-refractivity contribution >= 4 is 33.5 Å². The third-order valence-electron chi connectivity index (χ3n) is 2.11. The molecule has 0 N–H and O–H groups in total. The van der Waals surface area contributed by atoms with Crippen molar-refractivity contribution in [1.29, 1.82) is 0 Å². The maximum atomic E-state index is 12.7. The van der Waals surface area contributed by atoms with E-state index in [1.807, 2.05) is 0 Å². The molecule has 94 valence electrons. The predicted molar refractivity (Wildman–Crippen MR) is 62.6 cm³/mol. The summed E-state index contributed by atoms with van der Waals surface area (Å²) in [6.07, 6.45) is -1.83. The number of methoxy groups -OCH3 is 1. The molecule has 1 aromatic rings. The lowest BCUT2D eigenvalue weighted by Crippen LogP contribution is -2.10. The minimum atomic E-state index is -2.78. The zero-order chi connectivity index (χ0) is 13.0. The van der Waals surface area contributed by atoms with Gasteiger partial charge in [-0.1, -0.05) is 27.5 Å². The van der Waals surface area contributed by atoms with Gasteiger partial charge in [-0.15, -0.1) is 0 Å². The Morgan fingerprint density at radius 3 is 2.76 bits per heavy atom. The smallest absolute Gasteiger partial charge is 0.310 e. The van der Waals surface area contributed by atoms with Crippen LogP contribution in [0.4, 0.5) is 8.78 Å². The number of hydrogen-bond acceptors (Lipinski definition) is 3. The number of nitrogens with zero attached hydrogens (tertiary/aromatic N) is 1. The zero-order valence-electron chi connectivity index (χ0n) is 8.84. The van der Waals surface area contributed by atoms with Gasteiger partial charge >= 0.3 is 5.97 Å². The molecule has 0 atom stereocenters. The third kappa shape index (κ3) is 3.35. The second kappa shape index (κ2) is 6.26. The van der Waals surface area contributed by atoms with E-state index in [2.05, 4.69) is 25.7 Å². The fraction of sp³-hybridized carbons (Fsp3) is 0.400. The van der Waals surface area contributed by atoms with Crippen LogP contribution >= 0.6 is 27.5 Å². The van der Waals surface area contributed by atoms with E-state index in [9.17, 15) is 13.6 Å². The summed E-state index contributed by atoms with van der Waals surface area (Å²) >= 11 is 9.11. The lowest BCUT2D eigenvalue weighted by atomic mass is 10.1. The molecule has 0 fully saturated rings. The predicted octanol–water partition coefficient (Wildman–Crippen LogP) is 3.28. The number of ether oxygens (including phenoxy) is 1. The van der Waals surface area contributed by atoms with Gasteiger partial charge in [0.15, 0.2) is 0 Å². The molecule has 1 rings (SSSR count). The van der Waals surface area contributed by atoms with Crippen LogP contribution in [-0.4, -0.2) is 18.1 Å². The average Bonchev–Trinajstić information content (AvgIpc) is 2.30. The normalized spacial score (nSPS) is 10.7. The second-order valence-corrected chi connectivity index (χ2v) is 4.09. The Hall–Kier alpha value is -0.750. The maximum Gasteiger partial charge on any atom is 0.310 e. The zero-order valence-corrected chi connectivity index (χ0v) is 11.2. The molecule has 0 aliphatic carbocycles. The first-order valence-corrected chi connectivity index (χ1v) is 6.08. The van der Waals surface area contributed by atoms with Crippen molar-refractivity contribution in [2.24, 2.45) is 0 Å². The summed E-state index contributed by atoms with van der Waals surface area (Å²) in [6.45, 7) is 0. The van der Waals surface area contributed by atoms with E-state index in [0.29, 0.717) is 10.9 Å². The molecule has 0 unspecified atom stereocenters. The largest absolute Gasteiger partial charge is 0.469 e. The van der Waals surface area contributed by atoms with Crippen LogP contribution in [0.5, 0.6) is 0 Å². The Morgan fingerprint density at radius 1 is 1.65 bits per heavy atom. The van der Waals surface area contributed by atoms with Gasteiger partial charge in [0.1, 0.15) is 5.69 Å². The number of carbonyl (C=O) groups excluding carboxylic acids is 1. The molecular weight excluding hydrogens is 319 g/mol. The maximum absolute atomic E-state index is 12.7. The van der Waals surface area contributed by atoms with Gasteiger partial charge in [-0.25, -0.2) is 8.78 Å². The number of alkyl halides is 3. The van der Waals surface area contributed by atoms with Gasteiger partial charge in [0, 0.05) is 17.1 Å². The quantitative estimate of drug-likeness (QED) is 0.629. The van der Waals surface area contributed by atoms with Crippen molar-refractivity contribution in [3.63, 3.8) is 0 Å². The van der Waals surface area contributed by atoms with Crippen LogP contribution in [-0.2, 0) is 21.3 Å². The van der Waals surface area contributed by atoms with Crippen molar-refractivity contribution in [2.75, 3.05) is 7.11 Å². The highest BCUT2D eigenvalue weighted by atomic mass is 79.9. The summed E-state index contributed by atoms with van der Waals surface area (Å²) in [5, 5.41) is 0.494. The average molecular weight is 329 g/mol. The van der Waals surface area contributed by atoms with Gasteiger partial charge in [-0.05, 0) is 5.56 Å². The third-order valence-corrected chi connectivity index (χ3v) is 3.19. The van der Waals surface area contributed by atoms with Crippen LogP contribution in [0.3, 0.4) is 0 Å². The molecule has 7 heteroatoms. The van der Waals surface area contributed by atoms with E-state index < -0.39 is 18.1 Å². The van der Waals surface area contributed by atoms with Crippen molar-refractivity contribution in [3.05, 3.63) is 28.0 Å². The van der Waals surface area contributed by atoms with Crippen LogP contribution in [0.25, 0.3) is 0 Å². The van der Waals surface area contributed by atoms with Crippen LogP contribution in [0.1, 0.15) is 23.2 Å². The lowest BCUT2D eigenvalue weighted by Gasteiger charge is -2.11. The number of halogens is 4. The Balaban J connectivity index is 3.24. The summed E-state index contributed by atoms with van der Waals surface area (Å²) in [6, 6.07) is 0. The van der Waals surface area contributed by atoms with Gasteiger partial charge in [0.05, 0.1) is 18.6 Å². The molecule has 0 saturated carbocycles. The molecule has 1 heterocycles. The van der Waals surface area contributed by atoms with Gasteiger partial charge in [0.2, 0.25) is 0 Å². The Kier molecular flexibility index (Phi) is 5.27. The number of pyridine rings is 1. The van der Waals surface area contributed by atoms with E-state index in [4.69, 9.17) is 11.6 Å². The van der Waals surface area contributed by atoms with E-state index in [0.717, 1.165) is 0 Å². The van der Waals surface area contributed by atoms with Crippen molar-refractivity contribution in [1.82, 2.24) is 4.98 Å². The van der Waals surface area contributed by atoms with Crippen molar-refractivity contribution in [3.8, 4) is 0 Å². The highest BCUT2D eigenvalue weighted by molar-refractivity contribution is 9.08. The standard InChI is InChI=1S/C10H9BrClF2NO2/c1-17-7(16)2-6-8(12)5(3-11)4-15-9(6)10(13)14/h4,10H,2-3H2,1H3. The topological polar surface area (TPSA) is 39.2 Å². The number of aromatic nitrogens is 1. The Bertz CT molecular complexity index is 429. The van der Waals surface area contributed by atoms with Crippen LogP contribution in [0.15, 0.2) is 6.20 Å². The summed E-state index contributed by atoms with van der Waals surface area (Å²) in [5.74, 6) is -0.637. The molecule has 0 bridgehead atoms. The molecule has 0 aliphatic heterocycles. The summed E-state index contributed by atoms with van der Waals surface area (Å²) in [5.41, 5.74) is 0.0885. The molecule has 0 amide bonds. The fourth-order valence-corrected chi connectivity index (χ4v) is 2.12. The molecule has 0 aromatic carbocycles. The molecule has 0 spiro atoms. The minimum absolute atomic E-state index is 0.0190. The molecular formula is C10H9BrClF2NO2. The van der Waals surface area contributed by atoms with Gasteiger partial charge in [-0.3, -0.25) is 9.78 Å². The van der Waals surface area contributed by atoms with Crippen molar-refractivity contribution in [2.45, 2.75) is 18.2 Å². The minimum Gasteiger partial charge on any atom is -0.469 e. The van der Waals surface area contributed by atoms with E-state index in [1.165, 1.54) is 13.3 Å². The fourth-order valence-electron chi connectivity index (χ4n) is 1.25. The number of hydrogen-bond donors (Lipinski definition) is 0. The van der Waals surface area contributed by atoms with E-state index >= 15 is 0 Å². The lowest BCUT2D eigenvalue weighted by molar-refractivity contribution is -0.139. The van der Waals surface area contributed by atoms with Gasteiger partial charge < -0.3 is 4.74 Å². The summed E-state index contributed by atoms with van der Waals surface area (Å²) in [7, 11) is 1.18. The van der Waals surface area contributed by atoms with Crippen LogP contribution < -0.4 is 0 Å². The van der Waals surface area contributed by atoms with Gasteiger partial charge in [-0.2, -0.15) is 0 Å². The Labute approximate surface area is 110 Å². The highest BCUT2D eigenvalue weighted by Gasteiger charge is 2.21. The Morgan fingerprint density at radius 2 is 2.29 bits per heavy atom. The molecule has 0 saturated heterocycles. The van der Waals surface area contributed by atoms with E-state index in [1.54, 1.807) is 0 Å². The van der Waals surface area contributed by atoms with E-state index in [-0.39, 0.29) is 17.0 Å². The van der Waals surface area contributed by atoms with Crippen molar-refractivity contribution < 1.29 is 18.3 Å². The highest BCUT2D eigenvalue weighted by Crippen LogP contribution is 2.30. The summed E-state index contributed by atoms with van der Waals surface area (Å²) < 4.78 is 29.9. The molecule has 0 radical (unpaired) electrons. The monoisotopic (exact) mass is 327 g/mol. The first-order valence-electron chi connectivity index (χ1n) is 4.58. The first-order chi connectivity index (χ1) is 8.01. The molecule has 3 nitrogen and oxygen atoms in total. The number of rotatable bonds is 4. The van der Waals surface area contributed by atoms with Crippen LogP contribution in [0, 0.1) is 0 Å². The summed E-state index contributed by atoms with van der Waals surface area (Å²) in [4.78, 5) is 14.8. The van der Waals surface area contributed by atoms with Crippen LogP contribution in [0.2, 0.25) is 5.02 Å². The SMILES string of the molecule is COC(=O)Cc1c(C(F)F)ncc(CBr)c1Cl.